The molecule has 1 aliphatic carbocycles. The average Bonchev–Trinajstić information content (AvgIpc) is 3.39. The highest BCUT2D eigenvalue weighted by Gasteiger charge is 2.32. The van der Waals surface area contributed by atoms with Crippen LogP contribution in [0.1, 0.15) is 59.1 Å². The Morgan fingerprint density at radius 3 is 2.51 bits per heavy atom. The first-order valence-electron chi connectivity index (χ1n) is 15.2. The molecule has 0 saturated heterocycles. The number of nitrogens with one attached hydrogen (secondary N) is 3. The van der Waals surface area contributed by atoms with Crippen LogP contribution in [0.3, 0.4) is 0 Å². The number of benzene rings is 3. The number of amides is 3. The number of nitrogens with zero attached hydrogens (tertiary/aromatic N) is 1. The van der Waals surface area contributed by atoms with Gasteiger partial charge in [0, 0.05) is 25.5 Å². The van der Waals surface area contributed by atoms with Gasteiger partial charge in [-0.25, -0.2) is 0 Å². The van der Waals surface area contributed by atoms with Gasteiger partial charge in [0.25, 0.3) is 11.8 Å². The van der Waals surface area contributed by atoms with Crippen LogP contribution in [0.2, 0.25) is 0 Å². The fourth-order valence-electron chi connectivity index (χ4n) is 5.41. The van der Waals surface area contributed by atoms with Crippen molar-refractivity contribution >= 4 is 73.5 Å². The average molecular weight is 728 g/mol. The lowest BCUT2D eigenvalue weighted by Crippen LogP contribution is -2.30. The van der Waals surface area contributed by atoms with E-state index in [4.69, 9.17) is 0 Å². The van der Waals surface area contributed by atoms with Gasteiger partial charge in [-0.1, -0.05) is 73.1 Å². The van der Waals surface area contributed by atoms with Gasteiger partial charge in [0.1, 0.15) is 16.8 Å². The highest BCUT2D eigenvalue weighted by Crippen LogP contribution is 2.44. The van der Waals surface area contributed by atoms with Crippen molar-refractivity contribution in [2.45, 2.75) is 44.9 Å². The van der Waals surface area contributed by atoms with Crippen LogP contribution in [0.5, 0.6) is 0 Å². The molecule has 1 atom stereocenters. The lowest BCUT2D eigenvalue weighted by atomic mass is 9.72. The third kappa shape index (κ3) is 9.01. The first kappa shape index (κ1) is 34.2. The molecule has 1 heterocycles. The van der Waals surface area contributed by atoms with Gasteiger partial charge in [0.05, 0.1) is 11.3 Å². The second-order valence-corrected chi connectivity index (χ2v) is 15.4. The van der Waals surface area contributed by atoms with Crippen LogP contribution >= 0.6 is 39.0 Å². The highest BCUT2D eigenvalue weighted by atomic mass is 79.9. The summed E-state index contributed by atoms with van der Waals surface area (Å²) < 4.78 is 0.839. The number of hydrogen-bond donors (Lipinski definition) is 3. The highest BCUT2D eigenvalue weighted by molar-refractivity contribution is 9.10. The quantitative estimate of drug-likeness (QED) is 0.118. The van der Waals surface area contributed by atoms with E-state index in [1.165, 1.54) is 28.0 Å². The molecule has 5 rings (SSSR count). The predicted octanol–water partition coefficient (Wildman–Crippen LogP) is 8.67. The number of carbonyl (C=O) groups excluding carboxylic acids is 3. The summed E-state index contributed by atoms with van der Waals surface area (Å²) in [7, 11) is 0. The van der Waals surface area contributed by atoms with E-state index >= 15 is 0 Å². The van der Waals surface area contributed by atoms with Crippen molar-refractivity contribution in [3.05, 3.63) is 116 Å². The summed E-state index contributed by atoms with van der Waals surface area (Å²) in [6.45, 7) is 6.77. The maximum atomic E-state index is 13.5. The molecule has 3 amide bonds. The van der Waals surface area contributed by atoms with Crippen molar-refractivity contribution in [3.8, 4) is 6.07 Å². The molecule has 10 heteroatoms. The number of carbonyl (C=O) groups is 3. The fraction of sp³-hybridized carbons (Fsp3) is 0.243. The molecule has 1 aliphatic rings. The van der Waals surface area contributed by atoms with Gasteiger partial charge in [-0.2, -0.15) is 5.26 Å². The summed E-state index contributed by atoms with van der Waals surface area (Å²) >= 11 is 6.30. The Kier molecular flexibility index (Phi) is 11.0. The monoisotopic (exact) mass is 726 g/mol. The second kappa shape index (κ2) is 15.2. The van der Waals surface area contributed by atoms with E-state index in [1.807, 2.05) is 36.4 Å². The number of thioether (sulfide) groups is 1. The number of anilines is 2. The Morgan fingerprint density at radius 1 is 1.02 bits per heavy atom. The Labute approximate surface area is 292 Å². The van der Waals surface area contributed by atoms with E-state index in [2.05, 4.69) is 58.7 Å². The Hall–Kier alpha value is -4.17. The number of rotatable bonds is 9. The molecule has 1 aromatic heterocycles. The van der Waals surface area contributed by atoms with Gasteiger partial charge >= 0.3 is 0 Å². The number of thiophene rings is 1. The normalized spacial score (nSPS) is 14.4. The molecule has 0 radical (unpaired) electrons. The molecule has 0 aliphatic heterocycles. The minimum atomic E-state index is -0.492. The molecule has 1 unspecified atom stereocenters. The largest absolute Gasteiger partial charge is 0.321 e. The summed E-state index contributed by atoms with van der Waals surface area (Å²) in [4.78, 5) is 41.4. The predicted molar refractivity (Wildman–Crippen MR) is 194 cm³/mol. The van der Waals surface area contributed by atoms with Crippen LogP contribution in [0, 0.1) is 22.7 Å². The summed E-state index contributed by atoms with van der Waals surface area (Å²) in [5.74, 6) is -0.420. The van der Waals surface area contributed by atoms with E-state index in [0.29, 0.717) is 27.7 Å². The third-order valence-electron chi connectivity index (χ3n) is 8.01. The minimum Gasteiger partial charge on any atom is -0.321 e. The Bertz CT molecular complexity index is 1870. The number of fused-ring (bicyclic) bond motifs is 1. The van der Waals surface area contributed by atoms with Crippen molar-refractivity contribution in [3.63, 3.8) is 0 Å². The third-order valence-corrected chi connectivity index (χ3v) is 10.7. The molecular formula is C37H35BrN4O3S2. The van der Waals surface area contributed by atoms with Gasteiger partial charge < -0.3 is 16.0 Å². The van der Waals surface area contributed by atoms with Gasteiger partial charge in [-0.3, -0.25) is 14.4 Å². The first-order valence-corrected chi connectivity index (χ1v) is 17.8. The lowest BCUT2D eigenvalue weighted by molar-refractivity contribution is -0.114. The zero-order chi connectivity index (χ0) is 33.6. The topological polar surface area (TPSA) is 111 Å². The van der Waals surface area contributed by atoms with Crippen molar-refractivity contribution in [2.24, 2.45) is 11.3 Å². The molecule has 0 saturated carbocycles. The fourth-order valence-corrected chi connectivity index (χ4v) is 7.88. The van der Waals surface area contributed by atoms with Crippen molar-refractivity contribution < 1.29 is 14.4 Å². The molecule has 7 nitrogen and oxygen atoms in total. The lowest BCUT2D eigenvalue weighted by Gasteiger charge is -2.33. The molecular weight excluding hydrogens is 692 g/mol. The summed E-state index contributed by atoms with van der Waals surface area (Å²) in [6.07, 6.45) is 4.44. The molecule has 240 valence electrons. The van der Waals surface area contributed by atoms with Crippen molar-refractivity contribution in [1.82, 2.24) is 5.32 Å². The van der Waals surface area contributed by atoms with Gasteiger partial charge in [0.2, 0.25) is 5.91 Å². The maximum absolute atomic E-state index is 13.5. The Balaban J connectivity index is 1.24. The van der Waals surface area contributed by atoms with E-state index in [0.717, 1.165) is 39.8 Å². The molecule has 4 aromatic rings. The second-order valence-electron chi connectivity index (χ2n) is 12.4. The van der Waals surface area contributed by atoms with E-state index in [1.54, 1.807) is 48.5 Å². The van der Waals surface area contributed by atoms with Crippen LogP contribution in [-0.2, 0) is 22.4 Å². The number of hydrogen-bond acceptors (Lipinski definition) is 6. The van der Waals surface area contributed by atoms with Gasteiger partial charge in [0.15, 0.2) is 0 Å². The molecule has 3 N–H and O–H groups in total. The van der Waals surface area contributed by atoms with Gasteiger partial charge in [-0.15, -0.1) is 23.1 Å². The van der Waals surface area contributed by atoms with Crippen molar-refractivity contribution in [2.75, 3.05) is 16.4 Å². The van der Waals surface area contributed by atoms with E-state index < -0.39 is 11.8 Å². The summed E-state index contributed by atoms with van der Waals surface area (Å²) in [5.41, 5.74) is 3.61. The van der Waals surface area contributed by atoms with Crippen LogP contribution in [0.25, 0.3) is 6.08 Å². The zero-order valence-electron chi connectivity index (χ0n) is 26.4. The van der Waals surface area contributed by atoms with Crippen LogP contribution in [0.4, 0.5) is 10.7 Å². The zero-order valence-corrected chi connectivity index (χ0v) is 29.6. The SMILES string of the molecule is CC(C)(C)C1CCc2c(sc(NC(=O)CSc3cccc(NC(=O)/C(=C\c4cccc(Br)c4)NC(=O)c4ccccc4)c3)c2C#N)C1. The van der Waals surface area contributed by atoms with Gasteiger partial charge in [-0.05, 0) is 90.3 Å². The number of nitriles is 1. The Morgan fingerprint density at radius 2 is 1.79 bits per heavy atom. The number of halogens is 1. The smallest absolute Gasteiger partial charge is 0.272 e. The van der Waals surface area contributed by atoms with Crippen LogP contribution < -0.4 is 16.0 Å². The minimum absolute atomic E-state index is 0.0788. The molecule has 47 heavy (non-hydrogen) atoms. The summed E-state index contributed by atoms with van der Waals surface area (Å²) in [6, 6.07) is 25.6. The molecule has 0 spiro atoms. The standard InChI is InChI=1S/C37H35BrN4O3S2/c1-37(2,3)25-15-16-29-30(21-39)36(47-32(29)19-25)42-33(43)22-46-28-14-8-13-27(20-28)40-35(45)31(18-23-9-7-12-26(38)17-23)41-34(44)24-10-5-4-6-11-24/h4-14,17-18,20,25H,15-16,19,22H2,1-3H3,(H,40,45)(H,41,44)(H,42,43)/b31-18+. The van der Waals surface area contributed by atoms with Crippen LogP contribution in [0.15, 0.2) is 93.9 Å². The molecule has 0 fully saturated rings. The van der Waals surface area contributed by atoms with E-state index in [-0.39, 0.29) is 22.8 Å². The molecule has 3 aromatic carbocycles. The van der Waals surface area contributed by atoms with Crippen molar-refractivity contribution in [1.29, 1.82) is 5.26 Å². The first-order chi connectivity index (χ1) is 22.5. The van der Waals surface area contributed by atoms with Crippen LogP contribution in [-0.4, -0.2) is 23.5 Å². The molecule has 0 bridgehead atoms. The maximum Gasteiger partial charge on any atom is 0.272 e. The van der Waals surface area contributed by atoms with E-state index in [9.17, 15) is 19.6 Å². The summed E-state index contributed by atoms with van der Waals surface area (Å²) in [5, 5.41) is 19.1.